The summed E-state index contributed by atoms with van der Waals surface area (Å²) in [4.78, 5) is 24.8. The van der Waals surface area contributed by atoms with Crippen LogP contribution in [0.5, 0.6) is 0 Å². The van der Waals surface area contributed by atoms with Crippen LogP contribution in [0.25, 0.3) is 0 Å². The van der Waals surface area contributed by atoms with Gasteiger partial charge < -0.3 is 20.1 Å². The van der Waals surface area contributed by atoms with Crippen molar-refractivity contribution in [2.24, 2.45) is 0 Å². The van der Waals surface area contributed by atoms with Gasteiger partial charge in [0.15, 0.2) is 15.6 Å². The fourth-order valence-electron chi connectivity index (χ4n) is 2.88. The summed E-state index contributed by atoms with van der Waals surface area (Å²) < 4.78 is 35.6. The predicted octanol–water partition coefficient (Wildman–Crippen LogP) is 2.02. The molecule has 33 heavy (non-hydrogen) atoms. The minimum absolute atomic E-state index is 0.127. The number of Topliss-reactive ketones (excluding diaryl/α,β-unsaturated/α-hetero) is 1. The molecule has 0 atom stereocenters. The molecule has 180 valence electrons. The highest BCUT2D eigenvalue weighted by molar-refractivity contribution is 7.91. The van der Waals surface area contributed by atoms with Gasteiger partial charge in [0.2, 0.25) is 0 Å². The van der Waals surface area contributed by atoms with Crippen molar-refractivity contribution in [1.29, 1.82) is 0 Å². The van der Waals surface area contributed by atoms with E-state index in [1.54, 1.807) is 36.4 Å². The highest BCUT2D eigenvalue weighted by atomic mass is 32.2. The molecule has 0 saturated carbocycles. The van der Waals surface area contributed by atoms with E-state index < -0.39 is 9.84 Å². The van der Waals surface area contributed by atoms with Crippen LogP contribution in [0.2, 0.25) is 0 Å². The molecular formula is C24H32N2O6S. The van der Waals surface area contributed by atoms with E-state index >= 15 is 0 Å². The third-order valence-electron chi connectivity index (χ3n) is 4.85. The fourth-order valence-corrected chi connectivity index (χ4v) is 4.12. The smallest absolute Gasteiger partial charge is 0.251 e. The Bertz CT molecular complexity index is 989. The van der Waals surface area contributed by atoms with Gasteiger partial charge in [0.05, 0.1) is 37.1 Å². The Morgan fingerprint density at radius 2 is 1.39 bits per heavy atom. The zero-order valence-corrected chi connectivity index (χ0v) is 19.9. The first-order valence-electron chi connectivity index (χ1n) is 10.8. The summed E-state index contributed by atoms with van der Waals surface area (Å²) in [5, 5.41) is 5.73. The monoisotopic (exact) mass is 476 g/mol. The van der Waals surface area contributed by atoms with Crippen molar-refractivity contribution >= 4 is 21.5 Å². The first-order valence-corrected chi connectivity index (χ1v) is 12.5. The number of nitrogens with one attached hydrogen (secondary N) is 2. The van der Waals surface area contributed by atoms with E-state index in [-0.39, 0.29) is 28.8 Å². The van der Waals surface area contributed by atoms with Crippen molar-refractivity contribution in [3.63, 3.8) is 0 Å². The second-order valence-corrected chi connectivity index (χ2v) is 9.58. The molecule has 9 heteroatoms. The van der Waals surface area contributed by atoms with Crippen LogP contribution in [0.3, 0.4) is 0 Å². The van der Waals surface area contributed by atoms with Gasteiger partial charge in [-0.1, -0.05) is 29.8 Å². The van der Waals surface area contributed by atoms with Gasteiger partial charge in [-0.2, -0.15) is 0 Å². The lowest BCUT2D eigenvalue weighted by atomic mass is 10.1. The number of aryl methyl sites for hydroxylation is 1. The Hall–Kier alpha value is -2.59. The lowest BCUT2D eigenvalue weighted by molar-refractivity contribution is 0.0497. The number of sulfone groups is 1. The van der Waals surface area contributed by atoms with Gasteiger partial charge in [-0.15, -0.1) is 0 Å². The predicted molar refractivity (Wildman–Crippen MR) is 127 cm³/mol. The lowest BCUT2D eigenvalue weighted by Gasteiger charge is -2.08. The van der Waals surface area contributed by atoms with Gasteiger partial charge in [-0.3, -0.25) is 9.59 Å². The maximum absolute atomic E-state index is 12.4. The average Bonchev–Trinajstić information content (AvgIpc) is 2.82. The molecule has 0 aliphatic carbocycles. The Morgan fingerprint density at radius 3 is 2.00 bits per heavy atom. The third-order valence-corrected chi connectivity index (χ3v) is 6.58. The summed E-state index contributed by atoms with van der Waals surface area (Å²) in [6, 6.07) is 12.7. The van der Waals surface area contributed by atoms with Crippen LogP contribution in [0, 0.1) is 6.92 Å². The van der Waals surface area contributed by atoms with Crippen molar-refractivity contribution < 1.29 is 27.5 Å². The number of rotatable bonds is 15. The first kappa shape index (κ1) is 26.7. The molecule has 2 N–H and O–H groups in total. The van der Waals surface area contributed by atoms with Crippen LogP contribution in [0.15, 0.2) is 53.4 Å². The summed E-state index contributed by atoms with van der Waals surface area (Å²) in [5.74, 6) is -0.828. The molecule has 2 aromatic rings. The molecule has 0 heterocycles. The van der Waals surface area contributed by atoms with Crippen molar-refractivity contribution in [2.75, 3.05) is 52.3 Å². The third kappa shape index (κ3) is 9.43. The second-order valence-electron chi connectivity index (χ2n) is 7.47. The number of benzene rings is 2. The van der Waals surface area contributed by atoms with Gasteiger partial charge in [0.25, 0.3) is 5.91 Å². The van der Waals surface area contributed by atoms with Crippen LogP contribution in [-0.4, -0.2) is 72.4 Å². The Labute approximate surface area is 195 Å². The molecule has 0 unspecified atom stereocenters. The average molecular weight is 477 g/mol. The van der Waals surface area contributed by atoms with E-state index in [9.17, 15) is 18.0 Å². The van der Waals surface area contributed by atoms with Crippen LogP contribution in [0.4, 0.5) is 0 Å². The Kier molecular flexibility index (Phi) is 11.2. The number of likely N-dealkylation sites (N-methyl/N-ethyl adjacent to an activating group) is 1. The highest BCUT2D eigenvalue weighted by Gasteiger charge is 2.17. The topological polar surface area (TPSA) is 111 Å². The van der Waals surface area contributed by atoms with E-state index in [0.717, 1.165) is 12.1 Å². The molecular weight excluding hydrogens is 444 g/mol. The standard InChI is InChI=1S/C24H32N2O6S/c1-19-3-9-22(10-4-19)33(29,30)18-11-23(27)20-5-7-21(8-6-20)24(28)26-13-15-32-17-16-31-14-12-25-2/h3-10,25H,11-18H2,1-2H3,(H,26,28). The number of hydrogen-bond donors (Lipinski definition) is 2. The highest BCUT2D eigenvalue weighted by Crippen LogP contribution is 2.15. The second kappa shape index (κ2) is 13.8. The fraction of sp³-hybridized carbons (Fsp3) is 0.417. The Morgan fingerprint density at radius 1 is 0.818 bits per heavy atom. The van der Waals surface area contributed by atoms with Gasteiger partial charge >= 0.3 is 0 Å². The molecule has 2 aromatic carbocycles. The molecule has 0 bridgehead atoms. The van der Waals surface area contributed by atoms with Crippen LogP contribution in [0.1, 0.15) is 32.7 Å². The summed E-state index contributed by atoms with van der Waals surface area (Å²) in [6.45, 7) is 4.96. The van der Waals surface area contributed by atoms with Crippen molar-refractivity contribution in [1.82, 2.24) is 10.6 Å². The maximum atomic E-state index is 12.4. The van der Waals surface area contributed by atoms with E-state index in [0.29, 0.717) is 44.1 Å². The number of amides is 1. The summed E-state index contributed by atoms with van der Waals surface area (Å²) in [7, 11) is -1.68. The van der Waals surface area contributed by atoms with E-state index in [2.05, 4.69) is 10.6 Å². The molecule has 0 radical (unpaired) electrons. The molecule has 0 aliphatic rings. The van der Waals surface area contributed by atoms with Gasteiger partial charge in [0, 0.05) is 30.6 Å². The molecule has 8 nitrogen and oxygen atoms in total. The molecule has 0 aliphatic heterocycles. The molecule has 0 spiro atoms. The maximum Gasteiger partial charge on any atom is 0.251 e. The van der Waals surface area contributed by atoms with Crippen molar-refractivity contribution in [3.8, 4) is 0 Å². The largest absolute Gasteiger partial charge is 0.378 e. The number of hydrogen-bond acceptors (Lipinski definition) is 7. The Balaban J connectivity index is 1.73. The summed E-state index contributed by atoms with van der Waals surface area (Å²) in [5.41, 5.74) is 1.74. The zero-order valence-electron chi connectivity index (χ0n) is 19.1. The summed E-state index contributed by atoms with van der Waals surface area (Å²) in [6.07, 6.45) is -0.127. The zero-order chi connectivity index (χ0) is 24.1. The van der Waals surface area contributed by atoms with Crippen molar-refractivity contribution in [3.05, 3.63) is 65.2 Å². The number of carbonyl (C=O) groups excluding carboxylic acids is 2. The van der Waals surface area contributed by atoms with Crippen LogP contribution in [-0.2, 0) is 19.3 Å². The SMILES string of the molecule is CNCCOCCOCCNC(=O)c1ccc(C(=O)CCS(=O)(=O)c2ccc(C)cc2)cc1. The normalized spacial score (nSPS) is 11.3. The minimum Gasteiger partial charge on any atom is -0.378 e. The number of carbonyl (C=O) groups is 2. The van der Waals surface area contributed by atoms with Gasteiger partial charge in [-0.05, 0) is 38.2 Å². The lowest BCUT2D eigenvalue weighted by Crippen LogP contribution is -2.27. The molecule has 0 aromatic heterocycles. The van der Waals surface area contributed by atoms with E-state index in [4.69, 9.17) is 9.47 Å². The van der Waals surface area contributed by atoms with E-state index in [1.807, 2.05) is 14.0 Å². The molecule has 1 amide bonds. The number of ether oxygens (including phenoxy) is 2. The van der Waals surface area contributed by atoms with Crippen LogP contribution < -0.4 is 10.6 Å². The van der Waals surface area contributed by atoms with Crippen molar-refractivity contribution in [2.45, 2.75) is 18.2 Å². The summed E-state index contributed by atoms with van der Waals surface area (Å²) >= 11 is 0. The van der Waals surface area contributed by atoms with Gasteiger partial charge in [-0.25, -0.2) is 8.42 Å². The molecule has 2 rings (SSSR count). The minimum atomic E-state index is -3.53. The number of ketones is 1. The molecule has 0 fully saturated rings. The van der Waals surface area contributed by atoms with Crippen LogP contribution >= 0.6 is 0 Å². The van der Waals surface area contributed by atoms with E-state index in [1.165, 1.54) is 12.1 Å². The molecule has 0 saturated heterocycles. The quantitative estimate of drug-likeness (QED) is 0.299. The van der Waals surface area contributed by atoms with Gasteiger partial charge in [0.1, 0.15) is 0 Å². The first-order chi connectivity index (χ1) is 15.8.